The molecule has 1 atom stereocenters. The number of hydrogen-bond donors (Lipinski definition) is 0. The van der Waals surface area contributed by atoms with Gasteiger partial charge in [0.2, 0.25) is 11.8 Å². The van der Waals surface area contributed by atoms with Crippen LogP contribution in [-0.2, 0) is 15.1 Å². The van der Waals surface area contributed by atoms with E-state index < -0.39 is 5.54 Å². The number of likely N-dealkylation sites (N-methyl/N-ethyl adjacent to an activating group) is 1. The van der Waals surface area contributed by atoms with Gasteiger partial charge in [-0.15, -0.1) is 10.2 Å². The number of nitrogens with zero attached hydrogens (tertiary/aromatic N) is 3. The Morgan fingerprint density at radius 1 is 1.16 bits per heavy atom. The van der Waals surface area contributed by atoms with Crippen LogP contribution in [0.1, 0.15) is 36.8 Å². The molecule has 166 valence electrons. The first-order chi connectivity index (χ1) is 15.4. The highest BCUT2D eigenvalue weighted by molar-refractivity contribution is 7.99. The summed E-state index contributed by atoms with van der Waals surface area (Å²) in [7, 11) is 1.68. The van der Waals surface area contributed by atoms with Crippen LogP contribution in [0.3, 0.4) is 0 Å². The Hall–Kier alpha value is -2.64. The summed E-state index contributed by atoms with van der Waals surface area (Å²) in [5, 5.41) is 8.99. The Labute approximate surface area is 196 Å². The van der Waals surface area contributed by atoms with Gasteiger partial charge in [-0.1, -0.05) is 59.8 Å². The van der Waals surface area contributed by atoms with Crippen molar-refractivity contribution in [1.29, 1.82) is 0 Å². The average Bonchev–Trinajstić information content (AvgIpc) is 3.27. The number of amides is 1. The van der Waals surface area contributed by atoms with E-state index in [1.165, 1.54) is 11.8 Å². The second-order valence-electron chi connectivity index (χ2n) is 7.90. The molecule has 8 heteroatoms. The van der Waals surface area contributed by atoms with Crippen molar-refractivity contribution in [2.75, 3.05) is 12.8 Å². The van der Waals surface area contributed by atoms with E-state index in [4.69, 9.17) is 16.0 Å². The molecule has 1 aliphatic rings. The molecule has 0 aliphatic heterocycles. The van der Waals surface area contributed by atoms with E-state index in [2.05, 4.69) is 10.2 Å². The Bertz CT molecular complexity index is 1150. The molecule has 0 radical (unpaired) electrons. The molecule has 6 nitrogen and oxygen atoms in total. The highest BCUT2D eigenvalue weighted by atomic mass is 35.5. The number of hydrogen-bond acceptors (Lipinski definition) is 6. The maximum absolute atomic E-state index is 13.2. The Morgan fingerprint density at radius 2 is 1.91 bits per heavy atom. The van der Waals surface area contributed by atoms with Gasteiger partial charge >= 0.3 is 0 Å². The predicted molar refractivity (Wildman–Crippen MR) is 125 cm³/mol. The quantitative estimate of drug-likeness (QED) is 0.456. The summed E-state index contributed by atoms with van der Waals surface area (Å²) in [6.07, 6.45) is 2.66. The standard InChI is InChI=1S/C24H24ClN3O3S/c1-16-9-3-4-10-17(16)22-26-27-23(31-22)32-15-21(30)28(2)24(14-8-7-13-20(24)29)18-11-5-6-12-19(18)25/h3-6,9-12H,7-8,13-15H2,1-2H3/t24-/m1/s1. The fraction of sp³-hybridized carbons (Fsp3) is 0.333. The van der Waals surface area contributed by atoms with Crippen molar-refractivity contribution in [3.63, 3.8) is 0 Å². The van der Waals surface area contributed by atoms with Crippen LogP contribution in [0.5, 0.6) is 0 Å². The van der Waals surface area contributed by atoms with E-state index in [0.717, 1.165) is 24.0 Å². The molecule has 1 amide bonds. The molecule has 0 bridgehead atoms. The topological polar surface area (TPSA) is 76.3 Å². The first-order valence-corrected chi connectivity index (χ1v) is 11.9. The number of Topliss-reactive ketones (excluding diaryl/α,β-unsaturated/α-hetero) is 1. The average molecular weight is 470 g/mol. The van der Waals surface area contributed by atoms with Crippen LogP contribution < -0.4 is 0 Å². The summed E-state index contributed by atoms with van der Waals surface area (Å²) in [5.74, 6) is 0.324. The molecule has 0 N–H and O–H groups in total. The smallest absolute Gasteiger partial charge is 0.277 e. The zero-order valence-electron chi connectivity index (χ0n) is 18.0. The fourth-order valence-electron chi connectivity index (χ4n) is 4.25. The third kappa shape index (κ3) is 4.19. The number of aromatic nitrogens is 2. The predicted octanol–water partition coefficient (Wildman–Crippen LogP) is 5.29. The number of thioether (sulfide) groups is 1. The Morgan fingerprint density at radius 3 is 2.66 bits per heavy atom. The third-order valence-electron chi connectivity index (χ3n) is 6.02. The number of aryl methyl sites for hydroxylation is 1. The van der Waals surface area contributed by atoms with Crippen LogP contribution in [0.2, 0.25) is 5.02 Å². The van der Waals surface area contributed by atoms with Gasteiger partial charge in [0.1, 0.15) is 5.54 Å². The molecule has 1 saturated carbocycles. The van der Waals surface area contributed by atoms with E-state index in [0.29, 0.717) is 34.5 Å². The van der Waals surface area contributed by atoms with Crippen LogP contribution >= 0.6 is 23.4 Å². The van der Waals surface area contributed by atoms with Crippen molar-refractivity contribution < 1.29 is 14.0 Å². The van der Waals surface area contributed by atoms with Crippen molar-refractivity contribution in [1.82, 2.24) is 15.1 Å². The van der Waals surface area contributed by atoms with Crippen LogP contribution in [-0.4, -0.2) is 39.6 Å². The van der Waals surface area contributed by atoms with Gasteiger partial charge in [-0.3, -0.25) is 9.59 Å². The molecule has 0 saturated heterocycles. The van der Waals surface area contributed by atoms with Gasteiger partial charge in [-0.2, -0.15) is 0 Å². The van der Waals surface area contributed by atoms with Gasteiger partial charge in [0.15, 0.2) is 5.78 Å². The fourth-order valence-corrected chi connectivity index (χ4v) is 5.22. The maximum Gasteiger partial charge on any atom is 0.277 e. The summed E-state index contributed by atoms with van der Waals surface area (Å²) >= 11 is 7.64. The van der Waals surface area contributed by atoms with Gasteiger partial charge in [0, 0.05) is 29.6 Å². The van der Waals surface area contributed by atoms with Crippen LogP contribution in [0, 0.1) is 6.92 Å². The highest BCUT2D eigenvalue weighted by Crippen LogP contribution is 2.42. The SMILES string of the molecule is Cc1ccccc1-c1nnc(SCC(=O)N(C)[C@@]2(c3ccccc3Cl)CCCCC2=O)o1. The van der Waals surface area contributed by atoms with Gasteiger partial charge in [0.25, 0.3) is 5.22 Å². The van der Waals surface area contributed by atoms with Gasteiger partial charge in [-0.25, -0.2) is 0 Å². The summed E-state index contributed by atoms with van der Waals surface area (Å²) in [4.78, 5) is 27.9. The number of carbonyl (C=O) groups is 2. The van der Waals surface area contributed by atoms with Crippen molar-refractivity contribution in [3.8, 4) is 11.5 Å². The molecular formula is C24H24ClN3O3S. The number of benzene rings is 2. The largest absolute Gasteiger partial charge is 0.411 e. The first kappa shape index (κ1) is 22.6. The molecule has 0 spiro atoms. The third-order valence-corrected chi connectivity index (χ3v) is 7.15. The number of halogens is 1. The Balaban J connectivity index is 1.53. The number of rotatable bonds is 6. The minimum Gasteiger partial charge on any atom is -0.411 e. The summed E-state index contributed by atoms with van der Waals surface area (Å²) in [5.41, 5.74) is 1.53. The normalized spacial score (nSPS) is 18.5. The molecule has 1 fully saturated rings. The lowest BCUT2D eigenvalue weighted by molar-refractivity contribution is -0.146. The maximum atomic E-state index is 13.2. The summed E-state index contributed by atoms with van der Waals surface area (Å²) < 4.78 is 5.76. The second-order valence-corrected chi connectivity index (χ2v) is 9.23. The van der Waals surface area contributed by atoms with E-state index >= 15 is 0 Å². The lowest BCUT2D eigenvalue weighted by Crippen LogP contribution is -2.54. The zero-order chi connectivity index (χ0) is 22.7. The van der Waals surface area contributed by atoms with Gasteiger partial charge in [-0.05, 0) is 43.9 Å². The monoisotopic (exact) mass is 469 g/mol. The van der Waals surface area contributed by atoms with Crippen molar-refractivity contribution in [2.45, 2.75) is 43.4 Å². The summed E-state index contributed by atoms with van der Waals surface area (Å²) in [6.45, 7) is 1.97. The molecule has 3 aromatic rings. The molecule has 1 aliphatic carbocycles. The number of ketones is 1. The van der Waals surface area contributed by atoms with E-state index in [-0.39, 0.29) is 17.4 Å². The second kappa shape index (κ2) is 9.46. The Kier molecular flexibility index (Phi) is 6.67. The molecule has 32 heavy (non-hydrogen) atoms. The van der Waals surface area contributed by atoms with Gasteiger partial charge < -0.3 is 9.32 Å². The van der Waals surface area contributed by atoms with Crippen molar-refractivity contribution in [3.05, 3.63) is 64.7 Å². The molecule has 1 heterocycles. The molecular weight excluding hydrogens is 446 g/mol. The molecule has 2 aromatic carbocycles. The van der Waals surface area contributed by atoms with Crippen molar-refractivity contribution >= 4 is 35.1 Å². The van der Waals surface area contributed by atoms with E-state index in [1.807, 2.05) is 49.4 Å². The van der Waals surface area contributed by atoms with Crippen LogP contribution in [0.15, 0.2) is 58.2 Å². The zero-order valence-corrected chi connectivity index (χ0v) is 19.6. The van der Waals surface area contributed by atoms with E-state index in [1.54, 1.807) is 18.0 Å². The van der Waals surface area contributed by atoms with Crippen molar-refractivity contribution in [2.24, 2.45) is 0 Å². The summed E-state index contributed by atoms with van der Waals surface area (Å²) in [6, 6.07) is 15.0. The minimum absolute atomic E-state index is 0.0253. The van der Waals surface area contributed by atoms with E-state index in [9.17, 15) is 9.59 Å². The lowest BCUT2D eigenvalue weighted by atomic mass is 9.74. The molecule has 0 unspecified atom stereocenters. The highest BCUT2D eigenvalue weighted by Gasteiger charge is 2.47. The molecule has 4 rings (SSSR count). The number of carbonyl (C=O) groups excluding carboxylic acids is 2. The first-order valence-electron chi connectivity index (χ1n) is 10.5. The minimum atomic E-state index is -1.05. The van der Waals surface area contributed by atoms with Crippen LogP contribution in [0.4, 0.5) is 0 Å². The van der Waals surface area contributed by atoms with Crippen LogP contribution in [0.25, 0.3) is 11.5 Å². The lowest BCUT2D eigenvalue weighted by Gasteiger charge is -2.44. The van der Waals surface area contributed by atoms with Gasteiger partial charge in [0.05, 0.1) is 5.75 Å². The molecule has 1 aromatic heterocycles.